The van der Waals surface area contributed by atoms with Crippen LogP contribution < -0.4 is 10.6 Å². The van der Waals surface area contributed by atoms with E-state index in [1.165, 1.54) is 0 Å². The summed E-state index contributed by atoms with van der Waals surface area (Å²) in [6, 6.07) is 25.8. The molecule has 5 rings (SSSR count). The molecule has 1 fully saturated rings. The molecule has 0 radical (unpaired) electrons. The maximum atomic E-state index is 13.8. The lowest BCUT2D eigenvalue weighted by molar-refractivity contribution is -0.127. The van der Waals surface area contributed by atoms with Crippen LogP contribution in [0, 0.1) is 5.92 Å². The van der Waals surface area contributed by atoms with Crippen LogP contribution in [0.1, 0.15) is 41.1 Å². The van der Waals surface area contributed by atoms with Crippen molar-refractivity contribution >= 4 is 12.0 Å². The van der Waals surface area contributed by atoms with E-state index in [9.17, 15) is 19.8 Å². The molecule has 1 aliphatic carbocycles. The highest BCUT2D eigenvalue weighted by Gasteiger charge is 2.35. The summed E-state index contributed by atoms with van der Waals surface area (Å²) in [7, 11) is 0. The van der Waals surface area contributed by atoms with Gasteiger partial charge in [-0.15, -0.1) is 0 Å². The Hall–Kier alpha value is -3.72. The largest absolute Gasteiger partial charge is 0.444 e. The fourth-order valence-electron chi connectivity index (χ4n) is 5.75. The second-order valence-electron chi connectivity index (χ2n) is 11.0. The summed E-state index contributed by atoms with van der Waals surface area (Å²) in [6.45, 7) is 0.902. The van der Waals surface area contributed by atoms with Gasteiger partial charge in [-0.2, -0.15) is 0 Å². The summed E-state index contributed by atoms with van der Waals surface area (Å²) in [5.74, 6) is -0.857. The van der Waals surface area contributed by atoms with Crippen molar-refractivity contribution in [2.24, 2.45) is 5.92 Å². The lowest BCUT2D eigenvalue weighted by Crippen LogP contribution is -2.48. The van der Waals surface area contributed by atoms with Gasteiger partial charge in [0.2, 0.25) is 5.91 Å². The minimum Gasteiger partial charge on any atom is -0.444 e. The molecule has 0 bridgehead atoms. The molecule has 0 aromatic heterocycles. The van der Waals surface area contributed by atoms with E-state index >= 15 is 0 Å². The first-order valence-electron chi connectivity index (χ1n) is 14.3. The van der Waals surface area contributed by atoms with Gasteiger partial charge in [-0.1, -0.05) is 84.9 Å². The number of aliphatic hydroxyl groups excluding tert-OH is 2. The minimum absolute atomic E-state index is 0.107. The molecule has 41 heavy (non-hydrogen) atoms. The molecule has 1 heterocycles. The van der Waals surface area contributed by atoms with Gasteiger partial charge in [0.05, 0.1) is 37.5 Å². The minimum atomic E-state index is -1.04. The molecule has 2 aliphatic rings. The molecular weight excluding hydrogens is 520 g/mol. The van der Waals surface area contributed by atoms with Gasteiger partial charge in [0.15, 0.2) is 0 Å². The summed E-state index contributed by atoms with van der Waals surface area (Å²) >= 11 is 0. The molecule has 3 aromatic carbocycles. The third-order valence-electron chi connectivity index (χ3n) is 7.95. The number of benzene rings is 3. The Morgan fingerprint density at radius 2 is 1.59 bits per heavy atom. The van der Waals surface area contributed by atoms with Gasteiger partial charge in [-0.3, -0.25) is 4.79 Å². The van der Waals surface area contributed by atoms with Crippen LogP contribution in [-0.2, 0) is 33.5 Å². The maximum Gasteiger partial charge on any atom is 0.407 e. The monoisotopic (exact) mass is 558 g/mol. The van der Waals surface area contributed by atoms with Crippen molar-refractivity contribution in [2.45, 2.75) is 62.5 Å². The predicted octanol–water partition coefficient (Wildman–Crippen LogP) is 3.50. The predicted molar refractivity (Wildman–Crippen MR) is 154 cm³/mol. The Morgan fingerprint density at radius 1 is 0.927 bits per heavy atom. The van der Waals surface area contributed by atoms with Crippen LogP contribution in [0.5, 0.6) is 0 Å². The first-order valence-corrected chi connectivity index (χ1v) is 14.3. The standard InChI is InChI=1S/C33H38N2O6/c36-29(28(18-23-11-5-2-6-12-23)34-33(39)41-26-15-16-40-21-26)20-25(17-22-9-3-1-4-10-22)32(38)35-31-27-14-8-7-13-24(27)19-30(31)37/h1-14,25-26,28-31,36-37H,15-21H2,(H,34,39)(H,35,38)/t25-,26?,28+,29+,30-,31+/m1/s1. The van der Waals surface area contributed by atoms with Crippen LogP contribution >= 0.6 is 0 Å². The first-order chi connectivity index (χ1) is 20.0. The van der Waals surface area contributed by atoms with Gasteiger partial charge in [0.25, 0.3) is 0 Å². The highest BCUT2D eigenvalue weighted by Crippen LogP contribution is 2.32. The molecule has 6 atom stereocenters. The quantitative estimate of drug-likeness (QED) is 0.286. The zero-order valence-electron chi connectivity index (χ0n) is 23.0. The Labute approximate surface area is 240 Å². The molecule has 1 unspecified atom stereocenters. The topological polar surface area (TPSA) is 117 Å². The molecule has 3 aromatic rings. The van der Waals surface area contributed by atoms with E-state index in [1.807, 2.05) is 84.9 Å². The van der Waals surface area contributed by atoms with E-state index in [0.717, 1.165) is 22.3 Å². The molecule has 1 aliphatic heterocycles. The van der Waals surface area contributed by atoms with Crippen molar-refractivity contribution in [1.29, 1.82) is 0 Å². The van der Waals surface area contributed by atoms with Crippen LogP contribution in [-0.4, -0.2) is 59.8 Å². The first kappa shape index (κ1) is 28.8. The number of hydrogen-bond acceptors (Lipinski definition) is 6. The third kappa shape index (κ3) is 7.73. The number of amides is 2. The summed E-state index contributed by atoms with van der Waals surface area (Å²) in [6.07, 6.45) is -0.711. The van der Waals surface area contributed by atoms with Crippen molar-refractivity contribution in [2.75, 3.05) is 13.2 Å². The number of carbonyl (C=O) groups is 2. The average molecular weight is 559 g/mol. The molecule has 216 valence electrons. The van der Waals surface area contributed by atoms with Gasteiger partial charge < -0.3 is 30.3 Å². The van der Waals surface area contributed by atoms with Gasteiger partial charge in [-0.25, -0.2) is 4.79 Å². The Bertz CT molecular complexity index is 1280. The number of nitrogens with one attached hydrogen (secondary N) is 2. The zero-order valence-corrected chi connectivity index (χ0v) is 23.0. The summed E-state index contributed by atoms with van der Waals surface area (Å²) < 4.78 is 10.8. The summed E-state index contributed by atoms with van der Waals surface area (Å²) in [4.78, 5) is 26.6. The van der Waals surface area contributed by atoms with E-state index in [0.29, 0.717) is 38.9 Å². The van der Waals surface area contributed by atoms with E-state index in [4.69, 9.17) is 9.47 Å². The lowest BCUT2D eigenvalue weighted by Gasteiger charge is -2.29. The normalized spacial score (nSPS) is 21.9. The van der Waals surface area contributed by atoms with E-state index < -0.39 is 36.3 Å². The van der Waals surface area contributed by atoms with Crippen LogP contribution in [0.15, 0.2) is 84.9 Å². The maximum absolute atomic E-state index is 13.8. The Morgan fingerprint density at radius 3 is 2.27 bits per heavy atom. The van der Waals surface area contributed by atoms with Crippen molar-refractivity contribution in [3.8, 4) is 0 Å². The number of fused-ring (bicyclic) bond motifs is 1. The molecule has 4 N–H and O–H groups in total. The van der Waals surface area contributed by atoms with Gasteiger partial charge in [0, 0.05) is 18.8 Å². The van der Waals surface area contributed by atoms with Crippen LogP contribution in [0.2, 0.25) is 0 Å². The van der Waals surface area contributed by atoms with Gasteiger partial charge >= 0.3 is 6.09 Å². The van der Waals surface area contributed by atoms with Crippen LogP contribution in [0.25, 0.3) is 0 Å². The molecule has 0 saturated carbocycles. The summed E-state index contributed by atoms with van der Waals surface area (Å²) in [5.41, 5.74) is 3.83. The van der Waals surface area contributed by atoms with Crippen molar-refractivity contribution in [3.63, 3.8) is 0 Å². The smallest absolute Gasteiger partial charge is 0.407 e. The number of hydrogen-bond donors (Lipinski definition) is 4. The number of alkyl carbamates (subject to hydrolysis) is 1. The number of rotatable bonds is 11. The second kappa shape index (κ2) is 13.8. The van der Waals surface area contributed by atoms with Crippen molar-refractivity contribution < 1.29 is 29.3 Å². The summed E-state index contributed by atoms with van der Waals surface area (Å²) in [5, 5.41) is 28.2. The molecule has 2 amide bonds. The molecule has 8 nitrogen and oxygen atoms in total. The number of carbonyl (C=O) groups excluding carboxylic acids is 2. The van der Waals surface area contributed by atoms with E-state index in [-0.39, 0.29) is 18.4 Å². The van der Waals surface area contributed by atoms with Crippen LogP contribution in [0.3, 0.4) is 0 Å². The van der Waals surface area contributed by atoms with Crippen molar-refractivity contribution in [1.82, 2.24) is 10.6 Å². The number of ether oxygens (including phenoxy) is 2. The highest BCUT2D eigenvalue weighted by molar-refractivity contribution is 5.80. The third-order valence-corrected chi connectivity index (χ3v) is 7.95. The van der Waals surface area contributed by atoms with Crippen LogP contribution in [0.4, 0.5) is 4.79 Å². The Balaban J connectivity index is 1.33. The SMILES string of the molecule is O=C(N[C@@H](Cc1ccccc1)[C@@H](O)C[C@@H](Cc1ccccc1)C(=O)N[C@H]1c2ccccc2C[C@H]1O)OC1CCOC1. The Kier molecular flexibility index (Phi) is 9.67. The highest BCUT2D eigenvalue weighted by atomic mass is 16.6. The number of aliphatic hydroxyl groups is 2. The fourth-order valence-corrected chi connectivity index (χ4v) is 5.75. The van der Waals surface area contributed by atoms with E-state index in [1.54, 1.807) is 0 Å². The molecular formula is C33H38N2O6. The zero-order chi connectivity index (χ0) is 28.6. The second-order valence-corrected chi connectivity index (χ2v) is 11.0. The van der Waals surface area contributed by atoms with Gasteiger partial charge in [-0.05, 0) is 41.5 Å². The molecule has 1 saturated heterocycles. The van der Waals surface area contributed by atoms with E-state index in [2.05, 4.69) is 10.6 Å². The average Bonchev–Trinajstić information content (AvgIpc) is 3.60. The molecule has 8 heteroatoms. The lowest BCUT2D eigenvalue weighted by atomic mass is 9.88. The van der Waals surface area contributed by atoms with Gasteiger partial charge in [0.1, 0.15) is 6.10 Å². The molecule has 0 spiro atoms. The fraction of sp³-hybridized carbons (Fsp3) is 0.394. The van der Waals surface area contributed by atoms with Crippen molar-refractivity contribution in [3.05, 3.63) is 107 Å².